The standard InChI is InChI=1S/C49H74N8O11/c1-32(2)28-37(53-42(61)38(29-33-18-12-10-13-19-33)54-43(62)39(30-34-20-14-11-15-21-34)55-46(65)67-48(3,4)5)41(60)52-36(44(63)56-26-23-35(24-27-56)51-45(64)50-9)22-16-17-25-57(31-40(58)59)47(66)68-49(6,7)8/h10-15,18-21,32,35-39H,16-17,22-31H2,1-9H3,(H,52,60)(H,53,61)(H,54,62)(H,55,65)(H,58,59)(H2,50,51,64)/t36-,37-,38-,39-/m1/s1. The normalized spacial score (nSPS) is 14.8. The molecular weight excluding hydrogens is 877 g/mol. The number of carboxylic acid groups (broad SMARTS) is 1. The van der Waals surface area contributed by atoms with Gasteiger partial charge in [0.15, 0.2) is 0 Å². The first kappa shape index (κ1) is 55.9. The Balaban J connectivity index is 1.89. The quantitative estimate of drug-likeness (QED) is 0.0821. The monoisotopic (exact) mass is 951 g/mol. The molecule has 0 bridgehead atoms. The van der Waals surface area contributed by atoms with Crippen LogP contribution in [0.4, 0.5) is 14.4 Å². The summed E-state index contributed by atoms with van der Waals surface area (Å²) in [5, 5.41) is 26.1. The third-order valence-corrected chi connectivity index (χ3v) is 10.7. The lowest BCUT2D eigenvalue weighted by atomic mass is 9.99. The Morgan fingerprint density at radius 3 is 1.66 bits per heavy atom. The van der Waals surface area contributed by atoms with E-state index in [0.29, 0.717) is 31.5 Å². The molecule has 7 N–H and O–H groups in total. The van der Waals surface area contributed by atoms with E-state index >= 15 is 0 Å². The second kappa shape index (κ2) is 26.8. The molecule has 2 aromatic rings. The predicted molar refractivity (Wildman–Crippen MR) is 255 cm³/mol. The molecule has 4 atom stereocenters. The van der Waals surface area contributed by atoms with Gasteiger partial charge >= 0.3 is 24.2 Å². The van der Waals surface area contributed by atoms with Crippen LogP contribution in [0, 0.1) is 5.92 Å². The van der Waals surface area contributed by atoms with Crippen molar-refractivity contribution in [2.45, 2.75) is 148 Å². The fourth-order valence-electron chi connectivity index (χ4n) is 7.44. The maximum absolute atomic E-state index is 14.4. The van der Waals surface area contributed by atoms with E-state index in [2.05, 4.69) is 31.9 Å². The number of hydrogen-bond acceptors (Lipinski definition) is 10. The highest BCUT2D eigenvalue weighted by Gasteiger charge is 2.35. The van der Waals surface area contributed by atoms with Gasteiger partial charge in [0.25, 0.3) is 0 Å². The van der Waals surface area contributed by atoms with Crippen molar-refractivity contribution in [1.82, 2.24) is 41.7 Å². The van der Waals surface area contributed by atoms with Gasteiger partial charge in [-0.2, -0.15) is 0 Å². The molecule has 1 saturated heterocycles. The van der Waals surface area contributed by atoms with Gasteiger partial charge in [-0.05, 0) is 97.1 Å². The number of carboxylic acids is 1. The van der Waals surface area contributed by atoms with Crippen LogP contribution in [0.1, 0.15) is 105 Å². The molecule has 2 aromatic carbocycles. The van der Waals surface area contributed by atoms with E-state index in [4.69, 9.17) is 9.47 Å². The predicted octanol–water partition coefficient (Wildman–Crippen LogP) is 4.28. The van der Waals surface area contributed by atoms with Crippen molar-refractivity contribution in [3.63, 3.8) is 0 Å². The number of carbonyl (C=O) groups excluding carboxylic acids is 7. The Labute approximate surface area is 400 Å². The average molecular weight is 951 g/mol. The van der Waals surface area contributed by atoms with Gasteiger partial charge in [0, 0.05) is 45.6 Å². The van der Waals surface area contributed by atoms with Crippen LogP contribution in [-0.2, 0) is 46.3 Å². The van der Waals surface area contributed by atoms with Gasteiger partial charge in [0.05, 0.1) is 0 Å². The van der Waals surface area contributed by atoms with Crippen molar-refractivity contribution < 1.29 is 52.9 Å². The van der Waals surface area contributed by atoms with Crippen LogP contribution in [0.2, 0.25) is 0 Å². The zero-order valence-corrected chi connectivity index (χ0v) is 41.1. The number of amides is 8. The summed E-state index contributed by atoms with van der Waals surface area (Å²) in [5.74, 6) is -3.69. The third kappa shape index (κ3) is 21.1. The molecule has 0 radical (unpaired) electrons. The molecule has 19 nitrogen and oxygen atoms in total. The van der Waals surface area contributed by atoms with Crippen molar-refractivity contribution in [2.24, 2.45) is 5.92 Å². The largest absolute Gasteiger partial charge is 0.480 e. The molecule has 0 saturated carbocycles. The summed E-state index contributed by atoms with van der Waals surface area (Å²) in [4.78, 5) is 109. The summed E-state index contributed by atoms with van der Waals surface area (Å²) in [6.45, 7) is 13.9. The number of ether oxygens (including phenoxy) is 2. The number of alkyl carbamates (subject to hydrolysis) is 1. The maximum atomic E-state index is 14.4. The van der Waals surface area contributed by atoms with Crippen LogP contribution in [0.15, 0.2) is 60.7 Å². The first-order chi connectivity index (χ1) is 31.9. The maximum Gasteiger partial charge on any atom is 0.410 e. The Bertz CT molecular complexity index is 1980. The molecule has 1 aliphatic rings. The van der Waals surface area contributed by atoms with Gasteiger partial charge in [-0.15, -0.1) is 0 Å². The van der Waals surface area contributed by atoms with Crippen molar-refractivity contribution in [2.75, 3.05) is 33.2 Å². The van der Waals surface area contributed by atoms with Gasteiger partial charge in [-0.1, -0.05) is 74.5 Å². The molecule has 68 heavy (non-hydrogen) atoms. The first-order valence-electron chi connectivity index (χ1n) is 23.4. The number of nitrogens with zero attached hydrogens (tertiary/aromatic N) is 2. The number of aliphatic carboxylic acids is 1. The minimum atomic E-state index is -1.22. The number of urea groups is 1. The van der Waals surface area contributed by atoms with E-state index in [1.807, 2.05) is 38.1 Å². The second-order valence-corrected chi connectivity index (χ2v) is 19.5. The van der Waals surface area contributed by atoms with Crippen LogP contribution in [0.25, 0.3) is 0 Å². The van der Waals surface area contributed by atoms with E-state index in [-0.39, 0.29) is 69.0 Å². The van der Waals surface area contributed by atoms with Crippen LogP contribution in [-0.4, -0.2) is 137 Å². The molecule has 1 fully saturated rings. The third-order valence-electron chi connectivity index (χ3n) is 10.7. The Morgan fingerprint density at radius 1 is 0.691 bits per heavy atom. The molecule has 8 amide bonds. The molecule has 19 heteroatoms. The average Bonchev–Trinajstić information content (AvgIpc) is 3.25. The highest BCUT2D eigenvalue weighted by molar-refractivity contribution is 5.95. The number of likely N-dealkylation sites (tertiary alicyclic amines) is 1. The Kier molecular flexibility index (Phi) is 22.1. The molecule has 0 aromatic heterocycles. The lowest BCUT2D eigenvalue weighted by molar-refractivity contribution is -0.139. The van der Waals surface area contributed by atoms with Gasteiger partial charge in [0.1, 0.15) is 41.9 Å². The summed E-state index contributed by atoms with van der Waals surface area (Å²) < 4.78 is 10.9. The number of rotatable bonds is 22. The van der Waals surface area contributed by atoms with E-state index in [1.54, 1.807) is 82.8 Å². The van der Waals surface area contributed by atoms with Crippen molar-refractivity contribution >= 4 is 47.8 Å². The van der Waals surface area contributed by atoms with Crippen LogP contribution in [0.3, 0.4) is 0 Å². The van der Waals surface area contributed by atoms with Crippen molar-refractivity contribution in [3.05, 3.63) is 71.8 Å². The summed E-state index contributed by atoms with van der Waals surface area (Å²) in [5.41, 5.74) is -0.254. The van der Waals surface area contributed by atoms with E-state index in [9.17, 15) is 43.5 Å². The first-order valence-corrected chi connectivity index (χ1v) is 23.4. The van der Waals surface area contributed by atoms with Gasteiger partial charge in [0.2, 0.25) is 23.6 Å². The molecule has 1 aliphatic heterocycles. The van der Waals surface area contributed by atoms with Crippen LogP contribution >= 0.6 is 0 Å². The zero-order chi connectivity index (χ0) is 50.6. The van der Waals surface area contributed by atoms with Crippen molar-refractivity contribution in [3.8, 4) is 0 Å². The number of carbonyl (C=O) groups is 8. The number of unbranched alkanes of at least 4 members (excludes halogenated alkanes) is 1. The SMILES string of the molecule is CNC(=O)NC1CCN(C(=O)[C@@H](CCCCN(CC(=O)O)C(=O)OC(C)(C)C)NC(=O)[C@@H](CC(C)C)NC(=O)[C@@H](Cc2ccccc2)NC(=O)[C@@H](Cc2ccccc2)NC(=O)OC(C)(C)C)CC1. The number of benzene rings is 2. The van der Waals surface area contributed by atoms with E-state index in [1.165, 1.54) is 7.05 Å². The molecule has 0 aliphatic carbocycles. The highest BCUT2D eigenvalue weighted by atomic mass is 16.6. The van der Waals surface area contributed by atoms with E-state index in [0.717, 1.165) is 10.5 Å². The summed E-state index contributed by atoms with van der Waals surface area (Å²) in [6.07, 6.45) is 0.280. The van der Waals surface area contributed by atoms with Gasteiger partial charge in [-0.25, -0.2) is 14.4 Å². The Morgan fingerprint density at radius 2 is 1.18 bits per heavy atom. The second-order valence-electron chi connectivity index (χ2n) is 19.5. The molecule has 376 valence electrons. The molecular formula is C49H74N8O11. The summed E-state index contributed by atoms with van der Waals surface area (Å²) >= 11 is 0. The number of nitrogens with one attached hydrogen (secondary N) is 6. The number of hydrogen-bond donors (Lipinski definition) is 7. The Hall–Kier alpha value is -6.40. The van der Waals surface area contributed by atoms with Crippen molar-refractivity contribution in [1.29, 1.82) is 0 Å². The minimum absolute atomic E-state index is 0.00663. The molecule has 1 heterocycles. The van der Waals surface area contributed by atoms with Gasteiger partial charge < -0.3 is 51.4 Å². The summed E-state index contributed by atoms with van der Waals surface area (Å²) in [7, 11) is 1.51. The van der Waals surface area contributed by atoms with E-state index < -0.39 is 77.8 Å². The van der Waals surface area contributed by atoms with Gasteiger partial charge in [-0.3, -0.25) is 28.9 Å². The smallest absolute Gasteiger partial charge is 0.410 e. The highest BCUT2D eigenvalue weighted by Crippen LogP contribution is 2.17. The van der Waals surface area contributed by atoms with Crippen LogP contribution in [0.5, 0.6) is 0 Å². The lowest BCUT2D eigenvalue weighted by Crippen LogP contribution is -2.59. The topological polar surface area (TPSA) is 254 Å². The van der Waals surface area contributed by atoms with Crippen LogP contribution < -0.4 is 31.9 Å². The number of piperidine rings is 1. The lowest BCUT2D eigenvalue weighted by Gasteiger charge is -2.35. The molecule has 0 unspecified atom stereocenters. The summed E-state index contributed by atoms with van der Waals surface area (Å²) in [6, 6.07) is 12.9. The molecule has 0 spiro atoms. The fourth-order valence-corrected chi connectivity index (χ4v) is 7.44. The minimum Gasteiger partial charge on any atom is -0.480 e. The molecule has 3 rings (SSSR count). The fraction of sp³-hybridized carbons (Fsp3) is 0.592. The zero-order valence-electron chi connectivity index (χ0n) is 41.1.